The third-order valence-electron chi connectivity index (χ3n) is 5.34. The molecular formula is C22H24N2O3. The largest absolute Gasteiger partial charge is 0.508 e. The summed E-state index contributed by atoms with van der Waals surface area (Å²) in [5.41, 5.74) is 3.72. The van der Waals surface area contributed by atoms with Gasteiger partial charge in [-0.3, -0.25) is 4.79 Å². The van der Waals surface area contributed by atoms with Crippen molar-refractivity contribution in [3.05, 3.63) is 47.5 Å². The number of carbonyl (C=O) groups excluding carboxylic acids is 1. The van der Waals surface area contributed by atoms with Crippen LogP contribution in [0.3, 0.4) is 0 Å². The van der Waals surface area contributed by atoms with Crippen LogP contribution in [-0.2, 0) is 4.79 Å². The van der Waals surface area contributed by atoms with E-state index in [9.17, 15) is 9.90 Å². The Hall–Kier alpha value is -2.82. The molecular weight excluding hydrogens is 340 g/mol. The first kappa shape index (κ1) is 17.6. The van der Waals surface area contributed by atoms with Crippen molar-refractivity contribution in [2.24, 2.45) is 4.99 Å². The molecule has 2 aromatic rings. The van der Waals surface area contributed by atoms with Crippen molar-refractivity contribution < 1.29 is 14.6 Å². The summed E-state index contributed by atoms with van der Waals surface area (Å²) in [6.45, 7) is 8.93. The lowest BCUT2D eigenvalue weighted by molar-refractivity contribution is -0.113. The fourth-order valence-electron chi connectivity index (χ4n) is 4.30. The number of rotatable bonds is 3. The van der Waals surface area contributed by atoms with E-state index in [4.69, 9.17) is 4.74 Å². The number of phenols is 1. The minimum Gasteiger partial charge on any atom is -0.508 e. The van der Waals surface area contributed by atoms with Crippen LogP contribution in [0.1, 0.15) is 51.2 Å². The van der Waals surface area contributed by atoms with Crippen LogP contribution >= 0.6 is 0 Å². The number of anilines is 1. The summed E-state index contributed by atoms with van der Waals surface area (Å²) >= 11 is 0. The van der Waals surface area contributed by atoms with Crippen LogP contribution in [0.4, 0.5) is 11.4 Å². The molecule has 0 radical (unpaired) electrons. The SMILES string of the molecule is CCOc1cc2c3c(c1)[C@H](C)CC(C)(C)N3C(=O)C2=Nc1ccc(O)cc1. The maximum atomic E-state index is 13.3. The molecule has 0 unspecified atom stereocenters. The molecule has 0 saturated heterocycles. The van der Waals surface area contributed by atoms with Crippen molar-refractivity contribution in [1.82, 2.24) is 0 Å². The molecule has 0 aromatic heterocycles. The number of aliphatic imine (C=N–C) groups is 1. The molecule has 0 aliphatic carbocycles. The predicted molar refractivity (Wildman–Crippen MR) is 107 cm³/mol. The lowest BCUT2D eigenvalue weighted by Crippen LogP contribution is -2.50. The van der Waals surface area contributed by atoms with E-state index in [1.54, 1.807) is 24.3 Å². The van der Waals surface area contributed by atoms with Gasteiger partial charge >= 0.3 is 0 Å². The van der Waals surface area contributed by atoms with Crippen LogP contribution in [-0.4, -0.2) is 28.9 Å². The van der Waals surface area contributed by atoms with Crippen LogP contribution in [0.25, 0.3) is 0 Å². The number of phenolic OH excluding ortho intramolecular Hbond substituents is 1. The molecule has 1 amide bonds. The number of nitrogens with zero attached hydrogens (tertiary/aromatic N) is 2. The molecule has 1 atom stereocenters. The maximum absolute atomic E-state index is 13.3. The number of carbonyl (C=O) groups is 1. The van der Waals surface area contributed by atoms with E-state index < -0.39 is 0 Å². The number of aromatic hydroxyl groups is 1. The van der Waals surface area contributed by atoms with Crippen LogP contribution < -0.4 is 9.64 Å². The standard InChI is InChI=1S/C22H24N2O3/c1-5-27-16-10-17-13(2)12-22(3,4)24-20(17)18(11-16)19(21(24)26)23-14-6-8-15(25)9-7-14/h6-11,13,25H,5,12H2,1-4H3/t13-/m1/s1. The van der Waals surface area contributed by atoms with E-state index in [1.165, 1.54) is 0 Å². The second-order valence-electron chi connectivity index (χ2n) is 7.88. The summed E-state index contributed by atoms with van der Waals surface area (Å²) in [5.74, 6) is 1.19. The number of hydrogen-bond acceptors (Lipinski definition) is 4. The van der Waals surface area contributed by atoms with E-state index >= 15 is 0 Å². The van der Waals surface area contributed by atoms with Crippen molar-refractivity contribution in [2.75, 3.05) is 11.5 Å². The van der Waals surface area contributed by atoms with E-state index in [0.717, 1.165) is 29.0 Å². The van der Waals surface area contributed by atoms with E-state index in [1.807, 2.05) is 17.9 Å². The average Bonchev–Trinajstić information content (AvgIpc) is 2.88. The number of hydrogen-bond donors (Lipinski definition) is 1. The summed E-state index contributed by atoms with van der Waals surface area (Å²) in [6, 6.07) is 10.5. The zero-order valence-corrected chi connectivity index (χ0v) is 16.1. The average molecular weight is 364 g/mol. The molecule has 4 rings (SSSR count). The lowest BCUT2D eigenvalue weighted by Gasteiger charge is -2.43. The molecule has 140 valence electrons. The Bertz CT molecular complexity index is 945. The number of ether oxygens (including phenoxy) is 1. The van der Waals surface area contributed by atoms with Gasteiger partial charge in [0.2, 0.25) is 0 Å². The molecule has 2 heterocycles. The van der Waals surface area contributed by atoms with Gasteiger partial charge in [0.15, 0.2) is 0 Å². The Morgan fingerprint density at radius 3 is 2.63 bits per heavy atom. The Balaban J connectivity index is 1.94. The molecule has 2 aromatic carbocycles. The first-order valence-corrected chi connectivity index (χ1v) is 9.35. The summed E-state index contributed by atoms with van der Waals surface area (Å²) in [7, 11) is 0. The number of benzene rings is 2. The van der Waals surface area contributed by atoms with Gasteiger partial charge in [-0.05, 0) is 75.1 Å². The molecule has 1 N–H and O–H groups in total. The van der Waals surface area contributed by atoms with Gasteiger partial charge in [-0.2, -0.15) is 0 Å². The van der Waals surface area contributed by atoms with Crippen molar-refractivity contribution in [3.63, 3.8) is 0 Å². The highest BCUT2D eigenvalue weighted by atomic mass is 16.5. The molecule has 0 saturated carbocycles. The minimum absolute atomic E-state index is 0.0788. The van der Waals surface area contributed by atoms with Gasteiger partial charge in [0.1, 0.15) is 17.2 Å². The molecule has 5 nitrogen and oxygen atoms in total. The van der Waals surface area contributed by atoms with E-state index in [2.05, 4.69) is 31.8 Å². The fraction of sp³-hybridized carbons (Fsp3) is 0.364. The second kappa shape index (κ2) is 6.12. The Kier molecular flexibility index (Phi) is 3.98. The monoisotopic (exact) mass is 364 g/mol. The highest BCUT2D eigenvalue weighted by Gasteiger charge is 2.48. The third kappa shape index (κ3) is 2.78. The topological polar surface area (TPSA) is 62.1 Å². The van der Waals surface area contributed by atoms with Crippen molar-refractivity contribution in [1.29, 1.82) is 0 Å². The highest BCUT2D eigenvalue weighted by Crippen LogP contribution is 2.50. The zero-order valence-electron chi connectivity index (χ0n) is 16.1. The maximum Gasteiger partial charge on any atom is 0.278 e. The molecule has 5 heteroatoms. The molecule has 0 fully saturated rings. The van der Waals surface area contributed by atoms with Gasteiger partial charge in [0.05, 0.1) is 18.0 Å². The van der Waals surface area contributed by atoms with Crippen LogP contribution in [0.15, 0.2) is 41.4 Å². The first-order valence-electron chi connectivity index (χ1n) is 9.35. The third-order valence-corrected chi connectivity index (χ3v) is 5.34. The highest BCUT2D eigenvalue weighted by molar-refractivity contribution is 6.55. The molecule has 27 heavy (non-hydrogen) atoms. The van der Waals surface area contributed by atoms with Crippen LogP contribution in [0, 0.1) is 0 Å². The fourth-order valence-corrected chi connectivity index (χ4v) is 4.30. The summed E-state index contributed by atoms with van der Waals surface area (Å²) in [5, 5.41) is 9.51. The number of amides is 1. The van der Waals surface area contributed by atoms with Crippen molar-refractivity contribution in [2.45, 2.75) is 45.6 Å². The van der Waals surface area contributed by atoms with Crippen molar-refractivity contribution in [3.8, 4) is 11.5 Å². The molecule has 0 spiro atoms. The summed E-state index contributed by atoms with van der Waals surface area (Å²) < 4.78 is 5.76. The van der Waals surface area contributed by atoms with E-state index in [0.29, 0.717) is 23.9 Å². The van der Waals surface area contributed by atoms with Crippen LogP contribution in [0.5, 0.6) is 11.5 Å². The summed E-state index contributed by atoms with van der Waals surface area (Å²) in [4.78, 5) is 19.9. The Morgan fingerprint density at radius 2 is 1.96 bits per heavy atom. The quantitative estimate of drug-likeness (QED) is 0.869. The normalized spacial score (nSPS) is 21.5. The Morgan fingerprint density at radius 1 is 1.26 bits per heavy atom. The second-order valence-corrected chi connectivity index (χ2v) is 7.88. The van der Waals surface area contributed by atoms with E-state index in [-0.39, 0.29) is 17.2 Å². The lowest BCUT2D eigenvalue weighted by atomic mass is 9.80. The minimum atomic E-state index is -0.280. The molecule has 2 aliphatic heterocycles. The van der Waals surface area contributed by atoms with Gasteiger partial charge in [0, 0.05) is 11.1 Å². The van der Waals surface area contributed by atoms with Gasteiger partial charge < -0.3 is 14.7 Å². The van der Waals surface area contributed by atoms with Crippen LogP contribution in [0.2, 0.25) is 0 Å². The Labute approximate surface area is 159 Å². The predicted octanol–water partition coefficient (Wildman–Crippen LogP) is 4.54. The van der Waals surface area contributed by atoms with Gasteiger partial charge in [0.25, 0.3) is 5.91 Å². The van der Waals surface area contributed by atoms with Gasteiger partial charge in [-0.1, -0.05) is 6.92 Å². The molecule has 2 aliphatic rings. The zero-order chi connectivity index (χ0) is 19.3. The van der Waals surface area contributed by atoms with Gasteiger partial charge in [-0.15, -0.1) is 0 Å². The van der Waals surface area contributed by atoms with Gasteiger partial charge in [-0.25, -0.2) is 4.99 Å². The smallest absolute Gasteiger partial charge is 0.278 e. The van der Waals surface area contributed by atoms with Crippen molar-refractivity contribution >= 4 is 23.0 Å². The first-order chi connectivity index (χ1) is 12.8. The molecule has 0 bridgehead atoms. The summed E-state index contributed by atoms with van der Waals surface area (Å²) in [6.07, 6.45) is 0.882.